The molecule has 0 amide bonds. The summed E-state index contributed by atoms with van der Waals surface area (Å²) in [5, 5.41) is 13.9. The van der Waals surface area contributed by atoms with Gasteiger partial charge in [-0.05, 0) is 23.6 Å². The number of fused-ring (bicyclic) bond motifs is 2. The quantitative estimate of drug-likeness (QED) is 0.857. The molecule has 0 atom stereocenters. The molecular formula is C13H14N2O3. The van der Waals surface area contributed by atoms with Gasteiger partial charge in [-0.1, -0.05) is 0 Å². The van der Waals surface area contributed by atoms with E-state index >= 15 is 0 Å². The Morgan fingerprint density at radius 3 is 2.78 bits per heavy atom. The number of hydrogen-bond donors (Lipinski definition) is 2. The van der Waals surface area contributed by atoms with Crippen molar-refractivity contribution >= 4 is 16.6 Å². The molecule has 5 heteroatoms. The van der Waals surface area contributed by atoms with Crippen LogP contribution in [0.25, 0.3) is 10.8 Å². The SMILES string of the molecule is OCCNc1nccc2cc3c(cc12)OCCO3. The first kappa shape index (κ1) is 11.1. The molecule has 2 N–H and O–H groups in total. The average Bonchev–Trinajstić information content (AvgIpc) is 2.43. The molecule has 1 aromatic carbocycles. The summed E-state index contributed by atoms with van der Waals surface area (Å²) in [6.45, 7) is 1.69. The second-order valence-corrected chi connectivity index (χ2v) is 4.03. The summed E-state index contributed by atoms with van der Waals surface area (Å²) in [5.41, 5.74) is 0. The molecule has 2 aromatic rings. The molecule has 0 saturated heterocycles. The van der Waals surface area contributed by atoms with Gasteiger partial charge in [0, 0.05) is 18.1 Å². The van der Waals surface area contributed by atoms with Gasteiger partial charge in [0.15, 0.2) is 11.5 Å². The molecule has 0 saturated carbocycles. The lowest BCUT2D eigenvalue weighted by atomic mass is 10.1. The van der Waals surface area contributed by atoms with Crippen LogP contribution in [0.3, 0.4) is 0 Å². The van der Waals surface area contributed by atoms with Gasteiger partial charge in [0.05, 0.1) is 6.61 Å². The number of nitrogens with one attached hydrogen (secondary N) is 1. The van der Waals surface area contributed by atoms with Crippen molar-refractivity contribution in [2.24, 2.45) is 0 Å². The van der Waals surface area contributed by atoms with Crippen molar-refractivity contribution in [2.45, 2.75) is 0 Å². The van der Waals surface area contributed by atoms with Gasteiger partial charge in [0.25, 0.3) is 0 Å². The normalized spacial score (nSPS) is 13.6. The monoisotopic (exact) mass is 246 g/mol. The van der Waals surface area contributed by atoms with Gasteiger partial charge < -0.3 is 19.9 Å². The zero-order chi connectivity index (χ0) is 12.4. The minimum atomic E-state index is 0.0720. The topological polar surface area (TPSA) is 63.6 Å². The molecule has 0 fully saturated rings. The zero-order valence-electron chi connectivity index (χ0n) is 9.85. The predicted octanol–water partition coefficient (Wildman–Crippen LogP) is 1.41. The maximum atomic E-state index is 8.86. The number of nitrogens with zero attached hydrogens (tertiary/aromatic N) is 1. The van der Waals surface area contributed by atoms with E-state index in [9.17, 15) is 0 Å². The van der Waals surface area contributed by atoms with Crippen molar-refractivity contribution in [3.8, 4) is 11.5 Å². The maximum Gasteiger partial charge on any atom is 0.162 e. The Balaban J connectivity index is 2.09. The average molecular weight is 246 g/mol. The van der Waals surface area contributed by atoms with Crippen LogP contribution in [0.4, 0.5) is 5.82 Å². The Labute approximate surface area is 104 Å². The second-order valence-electron chi connectivity index (χ2n) is 4.03. The molecule has 0 unspecified atom stereocenters. The summed E-state index contributed by atoms with van der Waals surface area (Å²) < 4.78 is 11.1. The summed E-state index contributed by atoms with van der Waals surface area (Å²) in [7, 11) is 0. The number of pyridine rings is 1. The third-order valence-corrected chi connectivity index (χ3v) is 2.83. The van der Waals surface area contributed by atoms with Crippen molar-refractivity contribution in [3.63, 3.8) is 0 Å². The van der Waals surface area contributed by atoms with Crippen molar-refractivity contribution in [3.05, 3.63) is 24.4 Å². The third-order valence-electron chi connectivity index (χ3n) is 2.83. The first-order chi connectivity index (χ1) is 8.88. The van der Waals surface area contributed by atoms with Crippen molar-refractivity contribution in [1.29, 1.82) is 0 Å². The van der Waals surface area contributed by atoms with Crippen molar-refractivity contribution in [2.75, 3.05) is 31.7 Å². The van der Waals surface area contributed by atoms with Gasteiger partial charge in [-0.25, -0.2) is 4.98 Å². The molecular weight excluding hydrogens is 232 g/mol. The highest BCUT2D eigenvalue weighted by molar-refractivity contribution is 5.94. The molecule has 0 radical (unpaired) electrons. The fourth-order valence-corrected chi connectivity index (χ4v) is 2.02. The Bertz CT molecular complexity index is 571. The highest BCUT2D eigenvalue weighted by atomic mass is 16.6. The van der Waals surface area contributed by atoms with E-state index in [0.29, 0.717) is 19.8 Å². The van der Waals surface area contributed by atoms with Gasteiger partial charge in [-0.2, -0.15) is 0 Å². The zero-order valence-corrected chi connectivity index (χ0v) is 9.85. The van der Waals surface area contributed by atoms with Gasteiger partial charge in [-0.15, -0.1) is 0 Å². The van der Waals surface area contributed by atoms with Crippen molar-refractivity contribution < 1.29 is 14.6 Å². The van der Waals surface area contributed by atoms with E-state index in [1.165, 1.54) is 0 Å². The van der Waals surface area contributed by atoms with E-state index < -0.39 is 0 Å². The van der Waals surface area contributed by atoms with Crippen LogP contribution in [0.15, 0.2) is 24.4 Å². The lowest BCUT2D eigenvalue weighted by Crippen LogP contribution is -2.15. The standard InChI is InChI=1S/C13H14N2O3/c16-4-3-15-13-10-8-12-11(17-5-6-18-12)7-9(10)1-2-14-13/h1-2,7-8,16H,3-6H2,(H,14,15). The molecule has 1 aliphatic heterocycles. The predicted molar refractivity (Wildman–Crippen MR) is 68.3 cm³/mol. The number of rotatable bonds is 3. The molecule has 0 spiro atoms. The van der Waals surface area contributed by atoms with Crippen LogP contribution in [-0.4, -0.2) is 36.5 Å². The number of aliphatic hydroxyl groups is 1. The highest BCUT2D eigenvalue weighted by Crippen LogP contribution is 2.36. The van der Waals surface area contributed by atoms with E-state index in [1.54, 1.807) is 6.20 Å². The maximum absolute atomic E-state index is 8.86. The number of aromatic nitrogens is 1. The van der Waals surface area contributed by atoms with Crippen LogP contribution in [0.1, 0.15) is 0 Å². The lowest BCUT2D eigenvalue weighted by Gasteiger charge is -2.19. The van der Waals surface area contributed by atoms with Crippen LogP contribution < -0.4 is 14.8 Å². The molecule has 1 aliphatic rings. The van der Waals surface area contributed by atoms with Crippen LogP contribution in [-0.2, 0) is 0 Å². The Kier molecular flexibility index (Phi) is 2.90. The molecule has 94 valence electrons. The summed E-state index contributed by atoms with van der Waals surface area (Å²) in [6.07, 6.45) is 1.73. The first-order valence-corrected chi connectivity index (χ1v) is 5.91. The fraction of sp³-hybridized carbons (Fsp3) is 0.308. The Hall–Kier alpha value is -2.01. The first-order valence-electron chi connectivity index (χ1n) is 5.91. The van der Waals surface area contributed by atoms with Gasteiger partial charge in [0.2, 0.25) is 0 Å². The number of benzene rings is 1. The van der Waals surface area contributed by atoms with E-state index in [4.69, 9.17) is 14.6 Å². The molecule has 0 bridgehead atoms. The molecule has 2 heterocycles. The van der Waals surface area contributed by atoms with E-state index in [0.717, 1.165) is 28.1 Å². The Morgan fingerprint density at radius 2 is 2.00 bits per heavy atom. The van der Waals surface area contributed by atoms with Crippen molar-refractivity contribution in [1.82, 2.24) is 4.98 Å². The van der Waals surface area contributed by atoms with E-state index in [1.807, 2.05) is 18.2 Å². The fourth-order valence-electron chi connectivity index (χ4n) is 2.02. The van der Waals surface area contributed by atoms with Crippen LogP contribution in [0.2, 0.25) is 0 Å². The van der Waals surface area contributed by atoms with Gasteiger partial charge >= 0.3 is 0 Å². The molecule has 18 heavy (non-hydrogen) atoms. The number of hydrogen-bond acceptors (Lipinski definition) is 5. The molecule has 3 rings (SSSR count). The van der Waals surface area contributed by atoms with Crippen LogP contribution in [0.5, 0.6) is 11.5 Å². The van der Waals surface area contributed by atoms with Crippen LogP contribution >= 0.6 is 0 Å². The summed E-state index contributed by atoms with van der Waals surface area (Å²) >= 11 is 0. The van der Waals surface area contributed by atoms with Gasteiger partial charge in [-0.3, -0.25) is 0 Å². The van der Waals surface area contributed by atoms with E-state index in [2.05, 4.69) is 10.3 Å². The molecule has 0 aliphatic carbocycles. The number of ether oxygens (including phenoxy) is 2. The largest absolute Gasteiger partial charge is 0.486 e. The highest BCUT2D eigenvalue weighted by Gasteiger charge is 2.14. The van der Waals surface area contributed by atoms with Crippen LogP contribution in [0, 0.1) is 0 Å². The molecule has 5 nitrogen and oxygen atoms in total. The smallest absolute Gasteiger partial charge is 0.162 e. The summed E-state index contributed by atoms with van der Waals surface area (Å²) in [4.78, 5) is 4.27. The lowest BCUT2D eigenvalue weighted by molar-refractivity contribution is 0.172. The summed E-state index contributed by atoms with van der Waals surface area (Å²) in [5.74, 6) is 2.26. The minimum absolute atomic E-state index is 0.0720. The van der Waals surface area contributed by atoms with Gasteiger partial charge in [0.1, 0.15) is 19.0 Å². The second kappa shape index (κ2) is 4.70. The third kappa shape index (κ3) is 1.93. The number of anilines is 1. The number of aliphatic hydroxyl groups excluding tert-OH is 1. The Morgan fingerprint density at radius 1 is 1.22 bits per heavy atom. The molecule has 1 aromatic heterocycles. The minimum Gasteiger partial charge on any atom is -0.486 e. The summed E-state index contributed by atoms with van der Waals surface area (Å²) in [6, 6.07) is 5.81. The van der Waals surface area contributed by atoms with E-state index in [-0.39, 0.29) is 6.61 Å².